The molecule has 0 aromatic heterocycles. The third-order valence-corrected chi connectivity index (χ3v) is 2.30. The van der Waals surface area contributed by atoms with E-state index in [-0.39, 0.29) is 0 Å². The lowest BCUT2D eigenvalue weighted by molar-refractivity contribution is 0.151. The van der Waals surface area contributed by atoms with E-state index in [4.69, 9.17) is 5.11 Å². The van der Waals surface area contributed by atoms with Crippen LogP contribution in [-0.4, -0.2) is 22.6 Å². The minimum Gasteiger partial charge on any atom is -0.465 e. The molecule has 1 fully saturated rings. The number of amides is 1. The van der Waals surface area contributed by atoms with Crippen LogP contribution in [0.25, 0.3) is 0 Å². The number of rotatable bonds is 0. The van der Waals surface area contributed by atoms with Gasteiger partial charge in [-0.3, -0.25) is 4.90 Å². The number of likely N-dealkylation sites (tertiary alicyclic amines) is 1. The van der Waals surface area contributed by atoms with E-state index in [1.807, 2.05) is 0 Å². The van der Waals surface area contributed by atoms with Gasteiger partial charge in [0, 0.05) is 17.2 Å². The maximum atomic E-state index is 10.6. The number of piperidine rings is 1. The number of carbonyl (C=O) groups is 1. The Morgan fingerprint density at radius 1 is 1.64 bits per heavy atom. The van der Waals surface area contributed by atoms with Crippen molar-refractivity contribution in [2.24, 2.45) is 0 Å². The van der Waals surface area contributed by atoms with E-state index >= 15 is 0 Å². The molecule has 1 amide bonds. The van der Waals surface area contributed by atoms with Crippen molar-refractivity contribution in [3.05, 3.63) is 10.7 Å². The van der Waals surface area contributed by atoms with Gasteiger partial charge in [0.25, 0.3) is 0 Å². The SMILES string of the molecule is O=C(O)N1CCCCC1=CBr. The minimum atomic E-state index is -0.851. The third kappa shape index (κ3) is 1.96. The summed E-state index contributed by atoms with van der Waals surface area (Å²) in [5.41, 5.74) is 0.865. The van der Waals surface area contributed by atoms with Gasteiger partial charge in [-0.05, 0) is 19.3 Å². The predicted molar refractivity (Wildman–Crippen MR) is 45.6 cm³/mol. The molecule has 0 unspecified atom stereocenters. The van der Waals surface area contributed by atoms with Gasteiger partial charge in [-0.2, -0.15) is 0 Å². The predicted octanol–water partition coefficient (Wildman–Crippen LogP) is 2.39. The summed E-state index contributed by atoms with van der Waals surface area (Å²) in [5.74, 6) is 0. The summed E-state index contributed by atoms with van der Waals surface area (Å²) in [6, 6.07) is 0. The summed E-state index contributed by atoms with van der Waals surface area (Å²) in [6.45, 7) is 0.632. The first kappa shape index (κ1) is 8.59. The second-order valence-corrected chi connectivity index (χ2v) is 2.95. The smallest absolute Gasteiger partial charge is 0.411 e. The lowest BCUT2D eigenvalue weighted by Gasteiger charge is -2.26. The molecule has 0 radical (unpaired) electrons. The van der Waals surface area contributed by atoms with Crippen molar-refractivity contribution in [1.82, 2.24) is 4.90 Å². The van der Waals surface area contributed by atoms with Crippen molar-refractivity contribution in [2.75, 3.05) is 6.54 Å². The van der Waals surface area contributed by atoms with Gasteiger partial charge >= 0.3 is 6.09 Å². The molecule has 0 bridgehead atoms. The summed E-state index contributed by atoms with van der Waals surface area (Å²) in [7, 11) is 0. The van der Waals surface area contributed by atoms with Crippen LogP contribution < -0.4 is 0 Å². The zero-order valence-electron chi connectivity index (χ0n) is 6.09. The minimum absolute atomic E-state index is 0.632. The van der Waals surface area contributed by atoms with Gasteiger partial charge in [0.05, 0.1) is 0 Å². The topological polar surface area (TPSA) is 40.5 Å². The quantitative estimate of drug-likeness (QED) is 0.680. The van der Waals surface area contributed by atoms with Crippen LogP contribution in [0.3, 0.4) is 0 Å². The molecule has 1 aliphatic heterocycles. The van der Waals surface area contributed by atoms with E-state index in [0.29, 0.717) is 6.54 Å². The monoisotopic (exact) mass is 219 g/mol. The molecule has 0 atom stereocenters. The van der Waals surface area contributed by atoms with E-state index in [0.717, 1.165) is 25.0 Å². The Labute approximate surface area is 73.8 Å². The summed E-state index contributed by atoms with van der Waals surface area (Å²) in [4.78, 5) is 13.7. The van der Waals surface area contributed by atoms with Crippen molar-refractivity contribution >= 4 is 22.0 Å². The molecule has 3 nitrogen and oxygen atoms in total. The molecule has 4 heteroatoms. The third-order valence-electron chi connectivity index (χ3n) is 1.77. The number of carboxylic acid groups (broad SMARTS) is 1. The van der Waals surface area contributed by atoms with Crippen LogP contribution in [0.4, 0.5) is 4.79 Å². The molecular formula is C7H10BrNO2. The van der Waals surface area contributed by atoms with Crippen LogP contribution in [0, 0.1) is 0 Å². The number of hydrogen-bond donors (Lipinski definition) is 1. The Balaban J connectivity index is 2.67. The molecule has 0 saturated carbocycles. The van der Waals surface area contributed by atoms with Gasteiger partial charge in [0.2, 0.25) is 0 Å². The molecule has 11 heavy (non-hydrogen) atoms. The van der Waals surface area contributed by atoms with Crippen molar-refractivity contribution in [3.8, 4) is 0 Å². The Hall–Kier alpha value is -0.510. The number of allylic oxidation sites excluding steroid dienone is 1. The van der Waals surface area contributed by atoms with E-state index < -0.39 is 6.09 Å². The normalized spacial score (nSPS) is 22.3. The molecule has 0 spiro atoms. The zero-order chi connectivity index (χ0) is 8.27. The van der Waals surface area contributed by atoms with Gasteiger partial charge in [-0.1, -0.05) is 15.9 Å². The van der Waals surface area contributed by atoms with Crippen LogP contribution >= 0.6 is 15.9 Å². The molecule has 1 N–H and O–H groups in total. The van der Waals surface area contributed by atoms with Crippen LogP contribution in [-0.2, 0) is 0 Å². The van der Waals surface area contributed by atoms with E-state index in [1.54, 1.807) is 4.99 Å². The fourth-order valence-corrected chi connectivity index (χ4v) is 1.66. The molecule has 1 saturated heterocycles. The van der Waals surface area contributed by atoms with E-state index in [9.17, 15) is 4.79 Å². The maximum Gasteiger partial charge on any atom is 0.411 e. The Bertz CT molecular complexity index is 191. The van der Waals surface area contributed by atoms with Crippen LogP contribution in [0.15, 0.2) is 10.7 Å². The first-order valence-corrected chi connectivity index (χ1v) is 4.47. The Morgan fingerprint density at radius 3 is 2.82 bits per heavy atom. The average Bonchev–Trinajstić information content (AvgIpc) is 2.04. The zero-order valence-corrected chi connectivity index (χ0v) is 7.67. The highest BCUT2D eigenvalue weighted by Gasteiger charge is 2.19. The van der Waals surface area contributed by atoms with Gasteiger partial charge < -0.3 is 5.11 Å². The first-order valence-electron chi connectivity index (χ1n) is 3.55. The largest absolute Gasteiger partial charge is 0.465 e. The summed E-state index contributed by atoms with van der Waals surface area (Å²) in [6.07, 6.45) is 2.06. The Kier molecular flexibility index (Phi) is 2.93. The molecule has 0 aromatic rings. The molecular weight excluding hydrogens is 210 g/mol. The molecule has 0 aliphatic carbocycles. The van der Waals surface area contributed by atoms with Crippen molar-refractivity contribution in [3.63, 3.8) is 0 Å². The highest BCUT2D eigenvalue weighted by atomic mass is 79.9. The van der Waals surface area contributed by atoms with Gasteiger partial charge in [0.15, 0.2) is 0 Å². The van der Waals surface area contributed by atoms with Crippen LogP contribution in [0.1, 0.15) is 19.3 Å². The molecule has 1 aliphatic rings. The summed E-state index contributed by atoms with van der Waals surface area (Å²) >= 11 is 3.15. The fraction of sp³-hybridized carbons (Fsp3) is 0.571. The molecule has 1 rings (SSSR count). The van der Waals surface area contributed by atoms with E-state index in [2.05, 4.69) is 15.9 Å². The lowest BCUT2D eigenvalue weighted by atomic mass is 10.1. The fourth-order valence-electron chi connectivity index (χ4n) is 1.19. The van der Waals surface area contributed by atoms with Crippen molar-refractivity contribution in [1.29, 1.82) is 0 Å². The maximum absolute atomic E-state index is 10.6. The summed E-state index contributed by atoms with van der Waals surface area (Å²) in [5, 5.41) is 8.70. The van der Waals surface area contributed by atoms with Crippen molar-refractivity contribution < 1.29 is 9.90 Å². The molecule has 0 aromatic carbocycles. The van der Waals surface area contributed by atoms with Crippen LogP contribution in [0.2, 0.25) is 0 Å². The molecule has 62 valence electrons. The van der Waals surface area contributed by atoms with Gasteiger partial charge in [-0.25, -0.2) is 4.79 Å². The standard InChI is InChI=1S/C7H10BrNO2/c8-5-6-3-1-2-4-9(6)7(10)11/h5H,1-4H2,(H,10,11). The first-order chi connectivity index (χ1) is 5.25. The number of halogens is 1. The second-order valence-electron chi connectivity index (χ2n) is 2.49. The number of nitrogens with zero attached hydrogens (tertiary/aromatic N) is 1. The van der Waals surface area contributed by atoms with Crippen molar-refractivity contribution in [2.45, 2.75) is 19.3 Å². The number of hydrogen-bond acceptors (Lipinski definition) is 1. The average molecular weight is 220 g/mol. The van der Waals surface area contributed by atoms with Gasteiger partial charge in [-0.15, -0.1) is 0 Å². The van der Waals surface area contributed by atoms with Crippen LogP contribution in [0.5, 0.6) is 0 Å². The summed E-state index contributed by atoms with van der Waals surface area (Å²) < 4.78 is 0. The second kappa shape index (κ2) is 3.76. The molecule has 1 heterocycles. The van der Waals surface area contributed by atoms with E-state index in [1.165, 1.54) is 4.90 Å². The Morgan fingerprint density at radius 2 is 2.36 bits per heavy atom. The van der Waals surface area contributed by atoms with Gasteiger partial charge in [0.1, 0.15) is 0 Å². The lowest BCUT2D eigenvalue weighted by Crippen LogP contribution is -2.32. The highest BCUT2D eigenvalue weighted by molar-refractivity contribution is 9.11. The highest BCUT2D eigenvalue weighted by Crippen LogP contribution is 2.21.